The molecule has 0 atom stereocenters. The maximum absolute atomic E-state index is 11.9. The van der Waals surface area contributed by atoms with E-state index in [2.05, 4.69) is 0 Å². The minimum Gasteiger partial charge on any atom is -0.298 e. The van der Waals surface area contributed by atoms with E-state index in [-0.39, 0.29) is 5.82 Å². The number of carbonyl (C=O) groups excluding carboxylic acids is 1. The van der Waals surface area contributed by atoms with Crippen molar-refractivity contribution in [3.8, 4) is 0 Å². The van der Waals surface area contributed by atoms with Crippen molar-refractivity contribution >= 4 is 6.29 Å². The van der Waals surface area contributed by atoms with Crippen LogP contribution in [0.25, 0.3) is 0 Å². The van der Waals surface area contributed by atoms with Gasteiger partial charge in [-0.15, -0.1) is 0 Å². The standard InChI is InChI=1S/C7H6O.C6H5F/c8-6-7-4-2-1-3-5-7;7-6-4-2-1-3-5-6/h1-6H;1-5H. The summed E-state index contributed by atoms with van der Waals surface area (Å²) in [5, 5.41) is 0. The molecule has 1 nitrogen and oxygen atoms in total. The van der Waals surface area contributed by atoms with E-state index in [1.165, 1.54) is 12.1 Å². The summed E-state index contributed by atoms with van der Waals surface area (Å²) in [6.07, 6.45) is 0.833. The Labute approximate surface area is 88.2 Å². The molecule has 0 spiro atoms. The summed E-state index contributed by atoms with van der Waals surface area (Å²) >= 11 is 0. The molecule has 0 bridgehead atoms. The Morgan fingerprint density at radius 2 is 1.27 bits per heavy atom. The molecule has 0 aliphatic carbocycles. The fourth-order valence-electron chi connectivity index (χ4n) is 0.946. The summed E-state index contributed by atoms with van der Waals surface area (Å²) in [6, 6.07) is 17.0. The Bertz CT molecular complexity index is 384. The second-order valence-corrected chi connectivity index (χ2v) is 2.82. The third-order valence-electron chi connectivity index (χ3n) is 1.67. The highest BCUT2D eigenvalue weighted by Gasteiger charge is 1.80. The van der Waals surface area contributed by atoms with Crippen LogP contribution in [0.2, 0.25) is 0 Å². The van der Waals surface area contributed by atoms with Crippen LogP contribution in [0.1, 0.15) is 10.4 Å². The molecule has 76 valence electrons. The fraction of sp³-hybridized carbons (Fsp3) is 0. The molecule has 0 saturated carbocycles. The first-order chi connectivity index (χ1) is 7.33. The van der Waals surface area contributed by atoms with Crippen LogP contribution < -0.4 is 0 Å². The molecule has 0 aromatic heterocycles. The SMILES string of the molecule is Fc1ccccc1.O=Cc1ccccc1. The zero-order valence-corrected chi connectivity index (χ0v) is 8.14. The van der Waals surface area contributed by atoms with Crippen molar-refractivity contribution in [2.45, 2.75) is 0 Å². The molecule has 2 aromatic rings. The lowest BCUT2D eigenvalue weighted by Gasteiger charge is -1.81. The molecule has 2 rings (SSSR count). The number of benzene rings is 2. The van der Waals surface area contributed by atoms with Gasteiger partial charge in [-0.1, -0.05) is 48.5 Å². The highest BCUT2D eigenvalue weighted by atomic mass is 19.1. The summed E-state index contributed by atoms with van der Waals surface area (Å²) in [5.74, 6) is -0.178. The van der Waals surface area contributed by atoms with Gasteiger partial charge in [-0.05, 0) is 12.1 Å². The fourth-order valence-corrected chi connectivity index (χ4v) is 0.946. The van der Waals surface area contributed by atoms with Gasteiger partial charge in [0, 0.05) is 5.56 Å². The summed E-state index contributed by atoms with van der Waals surface area (Å²) < 4.78 is 11.9. The smallest absolute Gasteiger partial charge is 0.150 e. The van der Waals surface area contributed by atoms with Gasteiger partial charge in [0.25, 0.3) is 0 Å². The van der Waals surface area contributed by atoms with Crippen LogP contribution in [0.3, 0.4) is 0 Å². The van der Waals surface area contributed by atoms with Crippen LogP contribution in [0.15, 0.2) is 60.7 Å². The normalized spacial score (nSPS) is 8.60. The largest absolute Gasteiger partial charge is 0.298 e. The van der Waals surface area contributed by atoms with Gasteiger partial charge in [-0.3, -0.25) is 4.79 Å². The molecule has 0 saturated heterocycles. The molecular weight excluding hydrogens is 191 g/mol. The topological polar surface area (TPSA) is 17.1 Å². The van der Waals surface area contributed by atoms with E-state index in [1.54, 1.807) is 30.3 Å². The lowest BCUT2D eigenvalue weighted by molar-refractivity contribution is 0.112. The predicted molar refractivity (Wildman–Crippen MR) is 58.2 cm³/mol. The van der Waals surface area contributed by atoms with Gasteiger partial charge in [-0.2, -0.15) is 0 Å². The monoisotopic (exact) mass is 202 g/mol. The first kappa shape index (κ1) is 11.1. The molecule has 0 aliphatic rings. The molecule has 0 unspecified atom stereocenters. The minimum absolute atomic E-state index is 0.178. The average Bonchev–Trinajstić information content (AvgIpc) is 2.32. The van der Waals surface area contributed by atoms with Crippen molar-refractivity contribution < 1.29 is 9.18 Å². The maximum atomic E-state index is 11.9. The zero-order chi connectivity index (χ0) is 10.9. The number of rotatable bonds is 1. The Balaban J connectivity index is 0.000000151. The Morgan fingerprint density at radius 3 is 1.53 bits per heavy atom. The second-order valence-electron chi connectivity index (χ2n) is 2.82. The quantitative estimate of drug-likeness (QED) is 0.648. The third-order valence-corrected chi connectivity index (χ3v) is 1.67. The van der Waals surface area contributed by atoms with E-state index in [0.717, 1.165) is 11.8 Å². The lowest BCUT2D eigenvalue weighted by Crippen LogP contribution is -1.73. The molecule has 2 heteroatoms. The number of hydrogen-bond donors (Lipinski definition) is 0. The van der Waals surface area contributed by atoms with Crippen LogP contribution >= 0.6 is 0 Å². The molecule has 0 aliphatic heterocycles. The molecule has 2 aromatic carbocycles. The number of halogens is 1. The van der Waals surface area contributed by atoms with Crippen molar-refractivity contribution in [2.24, 2.45) is 0 Å². The molecule has 0 amide bonds. The Morgan fingerprint density at radius 1 is 0.800 bits per heavy atom. The molecule has 0 N–H and O–H groups in total. The predicted octanol–water partition coefficient (Wildman–Crippen LogP) is 3.32. The Hall–Kier alpha value is -1.96. The van der Waals surface area contributed by atoms with Gasteiger partial charge in [0.1, 0.15) is 12.1 Å². The third kappa shape index (κ3) is 4.72. The van der Waals surface area contributed by atoms with E-state index in [9.17, 15) is 9.18 Å². The van der Waals surface area contributed by atoms with Crippen molar-refractivity contribution in [3.63, 3.8) is 0 Å². The van der Waals surface area contributed by atoms with Gasteiger partial charge >= 0.3 is 0 Å². The average molecular weight is 202 g/mol. The number of hydrogen-bond acceptors (Lipinski definition) is 1. The van der Waals surface area contributed by atoms with Gasteiger partial charge in [0.05, 0.1) is 0 Å². The summed E-state index contributed by atoms with van der Waals surface area (Å²) in [6.45, 7) is 0. The summed E-state index contributed by atoms with van der Waals surface area (Å²) in [7, 11) is 0. The summed E-state index contributed by atoms with van der Waals surface area (Å²) in [4.78, 5) is 10.0. The van der Waals surface area contributed by atoms with Crippen molar-refractivity contribution in [3.05, 3.63) is 72.0 Å². The van der Waals surface area contributed by atoms with Crippen molar-refractivity contribution in [1.82, 2.24) is 0 Å². The highest BCUT2D eigenvalue weighted by molar-refractivity contribution is 5.74. The molecule has 0 fully saturated rings. The first-order valence-corrected chi connectivity index (χ1v) is 4.53. The minimum atomic E-state index is -0.178. The van der Waals surface area contributed by atoms with Gasteiger partial charge < -0.3 is 0 Å². The van der Waals surface area contributed by atoms with Crippen molar-refractivity contribution in [2.75, 3.05) is 0 Å². The number of aldehydes is 1. The van der Waals surface area contributed by atoms with Gasteiger partial charge in [0.15, 0.2) is 0 Å². The number of carbonyl (C=O) groups is 1. The lowest BCUT2D eigenvalue weighted by atomic mass is 10.2. The van der Waals surface area contributed by atoms with Crippen LogP contribution in [-0.4, -0.2) is 6.29 Å². The highest BCUT2D eigenvalue weighted by Crippen LogP contribution is 1.92. The van der Waals surface area contributed by atoms with Crippen molar-refractivity contribution in [1.29, 1.82) is 0 Å². The van der Waals surface area contributed by atoms with Crippen LogP contribution in [0, 0.1) is 5.82 Å². The van der Waals surface area contributed by atoms with E-state index in [4.69, 9.17) is 0 Å². The molecule has 15 heavy (non-hydrogen) atoms. The van der Waals surface area contributed by atoms with E-state index < -0.39 is 0 Å². The van der Waals surface area contributed by atoms with Gasteiger partial charge in [-0.25, -0.2) is 4.39 Å². The van der Waals surface area contributed by atoms with Crippen LogP contribution in [-0.2, 0) is 0 Å². The second kappa shape index (κ2) is 6.49. The van der Waals surface area contributed by atoms with E-state index in [1.807, 2.05) is 18.2 Å². The van der Waals surface area contributed by atoms with Crippen LogP contribution in [0.5, 0.6) is 0 Å². The Kier molecular flexibility index (Phi) is 4.81. The first-order valence-electron chi connectivity index (χ1n) is 4.53. The van der Waals surface area contributed by atoms with E-state index in [0.29, 0.717) is 0 Å². The van der Waals surface area contributed by atoms with Crippen LogP contribution in [0.4, 0.5) is 4.39 Å². The van der Waals surface area contributed by atoms with E-state index >= 15 is 0 Å². The van der Waals surface area contributed by atoms with Gasteiger partial charge in [0.2, 0.25) is 0 Å². The molecule has 0 heterocycles. The molecule has 0 radical (unpaired) electrons. The maximum Gasteiger partial charge on any atom is 0.150 e. The molecular formula is C13H11FO. The summed E-state index contributed by atoms with van der Waals surface area (Å²) in [5.41, 5.74) is 0.729. The zero-order valence-electron chi connectivity index (χ0n) is 8.14.